The van der Waals surface area contributed by atoms with Gasteiger partial charge in [-0.2, -0.15) is 0 Å². The third-order valence-electron chi connectivity index (χ3n) is 7.41. The Kier molecular flexibility index (Phi) is 13.1. The summed E-state index contributed by atoms with van der Waals surface area (Å²) >= 11 is 0. The van der Waals surface area contributed by atoms with Gasteiger partial charge in [-0.05, 0) is 62.3 Å². The molecule has 1 aromatic rings. The Morgan fingerprint density at radius 2 is 1.82 bits per heavy atom. The Morgan fingerprint density at radius 1 is 1.09 bits per heavy atom. The fourth-order valence-corrected chi connectivity index (χ4v) is 5.19. The van der Waals surface area contributed by atoms with Gasteiger partial charge in [-0.1, -0.05) is 62.9 Å². The molecule has 2 rings (SSSR count). The zero-order valence-corrected chi connectivity index (χ0v) is 20.8. The third-order valence-corrected chi connectivity index (χ3v) is 7.41. The molecule has 0 aromatic heterocycles. The van der Waals surface area contributed by atoms with Crippen molar-refractivity contribution < 1.29 is 28.5 Å². The normalized spacial score (nSPS) is 21.5. The average molecular weight is 483 g/mol. The maximum atomic E-state index is 14.4. The lowest BCUT2D eigenvalue weighted by molar-refractivity contribution is -0.145. The Hall–Kier alpha value is -1.53. The van der Waals surface area contributed by atoms with Crippen molar-refractivity contribution in [3.05, 3.63) is 35.9 Å². The molecule has 3 unspecified atom stereocenters. The number of alkyl halides is 2. The van der Waals surface area contributed by atoms with E-state index in [1.807, 2.05) is 37.3 Å². The predicted molar refractivity (Wildman–Crippen MR) is 130 cm³/mol. The van der Waals surface area contributed by atoms with Gasteiger partial charge in [-0.15, -0.1) is 0 Å². The molecule has 0 bridgehead atoms. The van der Waals surface area contributed by atoms with Gasteiger partial charge in [0.15, 0.2) is 0 Å². The molecule has 1 saturated carbocycles. The van der Waals surface area contributed by atoms with E-state index < -0.39 is 18.4 Å². The van der Waals surface area contributed by atoms with Crippen molar-refractivity contribution >= 4 is 5.97 Å². The number of aliphatic hydroxyl groups excluding tert-OH is 2. The van der Waals surface area contributed by atoms with Gasteiger partial charge in [0.25, 0.3) is 5.92 Å². The van der Waals surface area contributed by atoms with Crippen LogP contribution in [0.25, 0.3) is 0 Å². The number of ether oxygens (including phenoxy) is 1. The first kappa shape index (κ1) is 28.7. The molecule has 194 valence electrons. The van der Waals surface area contributed by atoms with E-state index in [0.29, 0.717) is 32.3 Å². The lowest BCUT2D eigenvalue weighted by Gasteiger charge is -2.28. The van der Waals surface area contributed by atoms with Crippen LogP contribution in [0.5, 0.6) is 0 Å². The van der Waals surface area contributed by atoms with Crippen LogP contribution in [0.15, 0.2) is 30.3 Å². The molecule has 1 fully saturated rings. The molecular formula is C28H44F2O4. The minimum Gasteiger partial charge on any atom is -0.461 e. The van der Waals surface area contributed by atoms with Crippen LogP contribution in [0, 0.1) is 17.8 Å². The van der Waals surface area contributed by atoms with Crippen LogP contribution >= 0.6 is 0 Å². The number of carbonyl (C=O) groups excluding carboxylic acids is 1. The fraction of sp³-hybridized carbons (Fsp3) is 0.750. The van der Waals surface area contributed by atoms with Crippen molar-refractivity contribution in [2.45, 2.75) is 109 Å². The van der Waals surface area contributed by atoms with Crippen LogP contribution in [-0.2, 0) is 16.1 Å². The summed E-state index contributed by atoms with van der Waals surface area (Å²) < 4.78 is 34.1. The molecule has 4 nitrogen and oxygen atoms in total. The monoisotopic (exact) mass is 482 g/mol. The first-order valence-corrected chi connectivity index (χ1v) is 13.2. The van der Waals surface area contributed by atoms with Crippen molar-refractivity contribution in [2.75, 3.05) is 6.61 Å². The van der Waals surface area contributed by atoms with Crippen LogP contribution in [0.2, 0.25) is 0 Å². The molecule has 2 N–H and O–H groups in total. The highest BCUT2D eigenvalue weighted by Gasteiger charge is 2.40. The number of hydrogen-bond donors (Lipinski definition) is 2. The van der Waals surface area contributed by atoms with Gasteiger partial charge in [0.05, 0.1) is 12.7 Å². The first-order valence-electron chi connectivity index (χ1n) is 13.2. The molecule has 0 saturated heterocycles. The number of esters is 1. The summed E-state index contributed by atoms with van der Waals surface area (Å²) in [6.07, 6.45) is 8.21. The van der Waals surface area contributed by atoms with Crippen LogP contribution in [-0.4, -0.2) is 34.8 Å². The van der Waals surface area contributed by atoms with Crippen molar-refractivity contribution in [1.82, 2.24) is 0 Å². The van der Waals surface area contributed by atoms with E-state index >= 15 is 0 Å². The Morgan fingerprint density at radius 3 is 2.53 bits per heavy atom. The van der Waals surface area contributed by atoms with Crippen molar-refractivity contribution in [3.8, 4) is 0 Å². The van der Waals surface area contributed by atoms with E-state index in [1.165, 1.54) is 0 Å². The van der Waals surface area contributed by atoms with Gasteiger partial charge >= 0.3 is 5.97 Å². The molecule has 34 heavy (non-hydrogen) atoms. The smallest absolute Gasteiger partial charge is 0.306 e. The molecule has 0 amide bonds. The molecule has 4 atom stereocenters. The number of halogens is 2. The Balaban J connectivity index is 1.62. The van der Waals surface area contributed by atoms with Gasteiger partial charge < -0.3 is 14.9 Å². The van der Waals surface area contributed by atoms with Crippen molar-refractivity contribution in [2.24, 2.45) is 17.8 Å². The number of benzene rings is 1. The number of rotatable bonds is 17. The molecule has 0 heterocycles. The van der Waals surface area contributed by atoms with Gasteiger partial charge in [0, 0.05) is 18.8 Å². The number of carbonyl (C=O) groups is 1. The SMILES string of the molecule is CCCCC(F)(F)C(CO)CC[C@H]1CCC(O)C1CCCCCCC(=O)OCc1ccccc1. The highest BCUT2D eigenvalue weighted by molar-refractivity contribution is 5.69. The molecule has 1 aliphatic rings. The molecular weight excluding hydrogens is 438 g/mol. The zero-order valence-electron chi connectivity index (χ0n) is 20.8. The lowest BCUT2D eigenvalue weighted by atomic mass is 9.83. The van der Waals surface area contributed by atoms with E-state index in [1.54, 1.807) is 0 Å². The Labute approximate surface area is 204 Å². The largest absolute Gasteiger partial charge is 0.461 e. The van der Waals surface area contributed by atoms with Crippen LogP contribution in [0.4, 0.5) is 8.78 Å². The second-order valence-electron chi connectivity index (χ2n) is 9.99. The summed E-state index contributed by atoms with van der Waals surface area (Å²) in [5.74, 6) is -3.58. The number of aliphatic hydroxyl groups is 2. The number of hydrogen-bond acceptors (Lipinski definition) is 4. The van der Waals surface area contributed by atoms with E-state index in [0.717, 1.165) is 56.9 Å². The fourth-order valence-electron chi connectivity index (χ4n) is 5.19. The second-order valence-corrected chi connectivity index (χ2v) is 9.99. The van der Waals surface area contributed by atoms with Crippen LogP contribution in [0.1, 0.15) is 96.0 Å². The maximum Gasteiger partial charge on any atom is 0.306 e. The quantitative estimate of drug-likeness (QED) is 0.192. The topological polar surface area (TPSA) is 66.8 Å². The van der Waals surface area contributed by atoms with Crippen LogP contribution < -0.4 is 0 Å². The van der Waals surface area contributed by atoms with Gasteiger partial charge in [-0.3, -0.25) is 4.79 Å². The average Bonchev–Trinajstić information content (AvgIpc) is 3.18. The van der Waals surface area contributed by atoms with E-state index in [-0.39, 0.29) is 30.3 Å². The third kappa shape index (κ3) is 9.99. The highest BCUT2D eigenvalue weighted by atomic mass is 19.3. The highest BCUT2D eigenvalue weighted by Crippen LogP contribution is 2.41. The van der Waals surface area contributed by atoms with Crippen molar-refractivity contribution in [3.63, 3.8) is 0 Å². The van der Waals surface area contributed by atoms with Crippen LogP contribution in [0.3, 0.4) is 0 Å². The summed E-state index contributed by atoms with van der Waals surface area (Å²) in [6.45, 7) is 1.72. The predicted octanol–water partition coefficient (Wildman–Crippen LogP) is 6.67. The lowest BCUT2D eigenvalue weighted by Crippen LogP contribution is -2.32. The summed E-state index contributed by atoms with van der Waals surface area (Å²) in [7, 11) is 0. The van der Waals surface area contributed by atoms with E-state index in [2.05, 4.69) is 0 Å². The van der Waals surface area contributed by atoms with Crippen molar-refractivity contribution in [1.29, 1.82) is 0 Å². The molecule has 0 spiro atoms. The minimum absolute atomic E-state index is 0.152. The summed E-state index contributed by atoms with van der Waals surface area (Å²) in [5, 5.41) is 20.0. The maximum absolute atomic E-state index is 14.4. The molecule has 1 aliphatic carbocycles. The summed E-state index contributed by atoms with van der Waals surface area (Å²) in [4.78, 5) is 11.9. The molecule has 0 radical (unpaired) electrons. The minimum atomic E-state index is -2.82. The first-order chi connectivity index (χ1) is 16.4. The van der Waals surface area contributed by atoms with E-state index in [4.69, 9.17) is 4.74 Å². The molecule has 1 aromatic carbocycles. The summed E-state index contributed by atoms with van der Waals surface area (Å²) in [6, 6.07) is 9.63. The molecule has 6 heteroatoms. The Bertz CT molecular complexity index is 682. The number of unbranched alkanes of at least 4 members (excludes halogenated alkanes) is 4. The zero-order chi connectivity index (χ0) is 24.8. The van der Waals surface area contributed by atoms with E-state index in [9.17, 15) is 23.8 Å². The summed E-state index contributed by atoms with van der Waals surface area (Å²) in [5.41, 5.74) is 0.982. The van der Waals surface area contributed by atoms with Gasteiger partial charge in [0.1, 0.15) is 6.61 Å². The van der Waals surface area contributed by atoms with Gasteiger partial charge in [-0.25, -0.2) is 8.78 Å². The standard InChI is InChI=1S/C28H44F2O4/c1-2-3-19-28(29,30)24(20-31)17-15-23-16-18-26(32)25(23)13-9-4-5-10-14-27(33)34-21-22-11-7-6-8-12-22/h6-8,11-12,23-26,31-32H,2-5,9-10,13-21H2,1H3/t23-,24?,25?,26?/m0/s1. The van der Waals surface area contributed by atoms with Gasteiger partial charge in [0.2, 0.25) is 0 Å². The second kappa shape index (κ2) is 15.5. The molecule has 0 aliphatic heterocycles.